The number of hydrogen-bond donors (Lipinski definition) is 2. The average Bonchev–Trinajstić information content (AvgIpc) is 1.27. The Morgan fingerprint density at radius 3 is 1.30 bits per heavy atom. The largest absolute Gasteiger partial charge is 1.00 e. The summed E-state index contributed by atoms with van der Waals surface area (Å²) in [6.45, 7) is 5.23. The molecule has 0 fully saturated rings. The van der Waals surface area contributed by atoms with E-state index in [1.54, 1.807) is 20.8 Å². The average molecular weight is 176 g/mol. The van der Waals surface area contributed by atoms with Crippen LogP contribution in [0, 0.1) is 4.91 Å². The van der Waals surface area contributed by atoms with Gasteiger partial charge >= 0.3 is 51.4 Å². The van der Waals surface area contributed by atoms with Crippen molar-refractivity contribution in [2.24, 2.45) is 5.34 Å². The molecule has 0 aliphatic rings. The van der Waals surface area contributed by atoms with Gasteiger partial charge in [0.25, 0.3) is 0 Å². The van der Waals surface area contributed by atoms with E-state index in [1.165, 1.54) is 5.34 Å². The predicted octanol–water partition coefficient (Wildman–Crippen LogP) is -1.44. The van der Waals surface area contributed by atoms with Crippen molar-refractivity contribution in [2.75, 3.05) is 0 Å². The monoisotopic (exact) mass is 176 g/mol. The van der Waals surface area contributed by atoms with Gasteiger partial charge in [-0.1, -0.05) is 7.43 Å². The second-order valence-corrected chi connectivity index (χ2v) is 2.25. The van der Waals surface area contributed by atoms with Crippen LogP contribution in [0.1, 0.15) is 28.2 Å². The molecule has 0 radical (unpaired) electrons. The summed E-state index contributed by atoms with van der Waals surface area (Å²) < 4.78 is 0. The molecule has 0 bridgehead atoms. The molecule has 5 heteroatoms. The van der Waals surface area contributed by atoms with Crippen molar-refractivity contribution >= 4 is 0 Å². The van der Waals surface area contributed by atoms with Crippen LogP contribution in [0.4, 0.5) is 0 Å². The third kappa shape index (κ3) is 579. The van der Waals surface area contributed by atoms with Gasteiger partial charge < -0.3 is 10.3 Å². The molecule has 58 valence electrons. The summed E-state index contributed by atoms with van der Waals surface area (Å²) in [4.78, 5) is 8.11. The van der Waals surface area contributed by atoms with Crippen LogP contribution in [-0.2, 0) is 0 Å². The minimum Gasteiger partial charge on any atom is -0.391 e. The first-order valence-electron chi connectivity index (χ1n) is 2.11. The van der Waals surface area contributed by atoms with E-state index in [9.17, 15) is 0 Å². The molecule has 0 aromatic rings. The van der Waals surface area contributed by atoms with Crippen LogP contribution in [0.3, 0.4) is 0 Å². The van der Waals surface area contributed by atoms with E-state index in [2.05, 4.69) is 0 Å². The molecule has 0 unspecified atom stereocenters. The zero-order valence-corrected chi connectivity index (χ0v) is 9.37. The van der Waals surface area contributed by atoms with Crippen molar-refractivity contribution in [3.05, 3.63) is 4.91 Å². The molecular weight excluding hydrogens is 161 g/mol. The topological polar surface area (TPSA) is 69.9 Å². The van der Waals surface area contributed by atoms with Crippen molar-refractivity contribution < 1.29 is 61.7 Å². The molecule has 0 atom stereocenters. The van der Waals surface area contributed by atoms with Crippen molar-refractivity contribution in [1.82, 2.24) is 0 Å². The molecule has 0 heterocycles. The molecule has 10 heavy (non-hydrogen) atoms. The van der Waals surface area contributed by atoms with Gasteiger partial charge in [-0.15, -0.1) is 4.91 Å². The van der Waals surface area contributed by atoms with Gasteiger partial charge in [0.05, 0.1) is 5.60 Å². The smallest absolute Gasteiger partial charge is 0.391 e. The summed E-state index contributed by atoms with van der Waals surface area (Å²) in [5, 5.41) is 16.4. The third-order valence-electron chi connectivity index (χ3n) is 0. The second kappa shape index (κ2) is 12.7. The third-order valence-corrected chi connectivity index (χ3v) is 0. The van der Waals surface area contributed by atoms with Crippen LogP contribution in [0.2, 0.25) is 0 Å². The van der Waals surface area contributed by atoms with Crippen LogP contribution in [0.25, 0.3) is 0 Å². The first-order chi connectivity index (χ1) is 3.41. The molecule has 0 rings (SSSR count). The summed E-state index contributed by atoms with van der Waals surface area (Å²) in [6.07, 6.45) is 0. The summed E-state index contributed by atoms with van der Waals surface area (Å²) in [7, 11) is 0. The predicted molar refractivity (Wildman–Crippen MR) is 36.3 cm³/mol. The zero-order chi connectivity index (χ0) is 7.21. The zero-order valence-electron chi connectivity index (χ0n) is 6.25. The fraction of sp³-hybridized carbons (Fsp3) is 1.00. The van der Waals surface area contributed by atoms with E-state index in [4.69, 9.17) is 15.2 Å². The van der Waals surface area contributed by atoms with Gasteiger partial charge in [-0.25, -0.2) is 0 Å². The number of aliphatic hydroxyl groups is 1. The van der Waals surface area contributed by atoms with E-state index in [-0.39, 0.29) is 58.8 Å². The second-order valence-electron chi connectivity index (χ2n) is 2.25. The Labute approximate surface area is 104 Å². The first kappa shape index (κ1) is 22.4. The molecule has 0 aliphatic carbocycles. The minimum atomic E-state index is -0.500. The molecule has 0 saturated heterocycles. The summed E-state index contributed by atoms with van der Waals surface area (Å²) in [6, 6.07) is 0. The quantitative estimate of drug-likeness (QED) is 0.270. The minimum absolute atomic E-state index is 0. The standard InChI is InChI=1S/C4H10O.CH4.K.HNO2/c1-4(2,3)5;;;2-1-3/h5H,1-3H3;1H4;;(H,2,3)/q;;+1;. The van der Waals surface area contributed by atoms with Gasteiger partial charge in [0, 0.05) is 0 Å². The van der Waals surface area contributed by atoms with Crippen LogP contribution < -0.4 is 51.4 Å². The summed E-state index contributed by atoms with van der Waals surface area (Å²) in [5.74, 6) is 0. The van der Waals surface area contributed by atoms with Crippen molar-refractivity contribution in [3.63, 3.8) is 0 Å². The molecule has 0 spiro atoms. The Morgan fingerprint density at radius 2 is 1.30 bits per heavy atom. The van der Waals surface area contributed by atoms with Crippen molar-refractivity contribution in [1.29, 1.82) is 0 Å². The van der Waals surface area contributed by atoms with Crippen LogP contribution in [-0.4, -0.2) is 15.9 Å². The molecule has 0 amide bonds. The van der Waals surface area contributed by atoms with E-state index in [0.717, 1.165) is 0 Å². The van der Waals surface area contributed by atoms with Gasteiger partial charge in [-0.3, -0.25) is 0 Å². The Hall–Kier alpha value is 0.996. The van der Waals surface area contributed by atoms with E-state index < -0.39 is 5.60 Å². The molecule has 4 nitrogen and oxygen atoms in total. The molecule has 0 saturated carbocycles. The van der Waals surface area contributed by atoms with Crippen LogP contribution >= 0.6 is 0 Å². The van der Waals surface area contributed by atoms with Crippen LogP contribution in [0.15, 0.2) is 5.34 Å². The number of nitrogens with zero attached hydrogens (tertiary/aromatic N) is 1. The number of rotatable bonds is 0. The maximum Gasteiger partial charge on any atom is 1.00 e. The van der Waals surface area contributed by atoms with Crippen molar-refractivity contribution in [2.45, 2.75) is 33.8 Å². The molecule has 0 aromatic carbocycles. The van der Waals surface area contributed by atoms with Crippen LogP contribution in [0.5, 0.6) is 0 Å². The maximum absolute atomic E-state index is 8.52. The summed E-state index contributed by atoms with van der Waals surface area (Å²) >= 11 is 0. The Morgan fingerprint density at radius 1 is 1.30 bits per heavy atom. The summed E-state index contributed by atoms with van der Waals surface area (Å²) in [5.41, 5.74) is -0.500. The Bertz CT molecular complexity index is 56.4. The molecule has 0 aliphatic heterocycles. The maximum atomic E-state index is 8.52. The first-order valence-corrected chi connectivity index (χ1v) is 2.11. The van der Waals surface area contributed by atoms with Gasteiger partial charge in [0.2, 0.25) is 0 Å². The van der Waals surface area contributed by atoms with Gasteiger partial charge in [-0.2, -0.15) is 0 Å². The van der Waals surface area contributed by atoms with E-state index in [0.29, 0.717) is 0 Å². The SMILES string of the molecule is C.CC(C)(C)O.O=NO.[K+]. The van der Waals surface area contributed by atoms with Crippen molar-refractivity contribution in [3.8, 4) is 0 Å². The molecule has 0 aromatic heterocycles. The van der Waals surface area contributed by atoms with Gasteiger partial charge in [0.15, 0.2) is 5.34 Å². The normalized spacial score (nSPS) is 7.20. The Kier molecular flexibility index (Phi) is 28.4. The fourth-order valence-corrected chi connectivity index (χ4v) is 0. The van der Waals surface area contributed by atoms with Gasteiger partial charge in [-0.05, 0) is 20.8 Å². The fourth-order valence-electron chi connectivity index (χ4n) is 0. The molecule has 2 N–H and O–H groups in total. The number of hydrogen-bond acceptors (Lipinski definition) is 3. The van der Waals surface area contributed by atoms with E-state index in [1.807, 2.05) is 0 Å². The van der Waals surface area contributed by atoms with Gasteiger partial charge in [0.1, 0.15) is 0 Å². The Balaban J connectivity index is -0.0000000326. The van der Waals surface area contributed by atoms with E-state index >= 15 is 0 Å². The molecular formula is C5H15KNO3+.